The number of hydrogen-bond acceptors (Lipinski definition) is 4. The molecule has 0 saturated carbocycles. The van der Waals surface area contributed by atoms with E-state index in [-0.39, 0.29) is 16.9 Å². The minimum atomic E-state index is -3.84. The highest BCUT2D eigenvalue weighted by molar-refractivity contribution is 7.89. The van der Waals surface area contributed by atoms with E-state index in [0.717, 1.165) is 5.56 Å². The van der Waals surface area contributed by atoms with Gasteiger partial charge in [0, 0.05) is 36.0 Å². The summed E-state index contributed by atoms with van der Waals surface area (Å²) >= 11 is 0. The van der Waals surface area contributed by atoms with E-state index >= 15 is 0 Å². The Kier molecular flexibility index (Phi) is 4.44. The summed E-state index contributed by atoms with van der Waals surface area (Å²) in [6.07, 6.45) is 0. The summed E-state index contributed by atoms with van der Waals surface area (Å²) in [5, 5.41) is 9.75. The van der Waals surface area contributed by atoms with Gasteiger partial charge in [0.25, 0.3) is 0 Å². The van der Waals surface area contributed by atoms with Crippen LogP contribution >= 0.6 is 0 Å². The first-order valence-electron chi connectivity index (χ1n) is 7.90. The summed E-state index contributed by atoms with van der Waals surface area (Å²) in [6, 6.07) is 9.85. The Hall–Kier alpha value is -2.89. The lowest BCUT2D eigenvalue weighted by atomic mass is 10.2. The number of hydrogen-bond donors (Lipinski definition) is 2. The van der Waals surface area contributed by atoms with E-state index < -0.39 is 10.0 Å². The lowest BCUT2D eigenvalue weighted by molar-refractivity contribution is 0.462. The highest BCUT2D eigenvalue weighted by atomic mass is 32.2. The van der Waals surface area contributed by atoms with Crippen molar-refractivity contribution in [3.8, 4) is 6.07 Å². The van der Waals surface area contributed by atoms with Gasteiger partial charge in [-0.3, -0.25) is 4.79 Å². The number of pyridine rings is 1. The Morgan fingerprint density at radius 3 is 2.50 bits per heavy atom. The number of benzene rings is 1. The Morgan fingerprint density at radius 1 is 1.12 bits per heavy atom. The molecule has 2 N–H and O–H groups in total. The van der Waals surface area contributed by atoms with Gasteiger partial charge < -0.3 is 9.97 Å². The molecule has 7 nitrogen and oxygen atoms in total. The zero-order valence-corrected chi connectivity index (χ0v) is 15.4. The summed E-state index contributed by atoms with van der Waals surface area (Å²) in [5.74, 6) is 0. The topological polar surface area (TPSA) is 110 Å². The van der Waals surface area contributed by atoms with Crippen molar-refractivity contribution >= 4 is 20.9 Å². The SMILES string of the molecule is Cc1cc(S(=O)(=O)N(C)Cc2cc(=O)cc(C)[nH]2)c2[nH]c(C#N)cc2c1. The number of nitriles is 1. The van der Waals surface area contributed by atoms with Crippen LogP contribution in [0.1, 0.15) is 22.6 Å². The van der Waals surface area contributed by atoms with Gasteiger partial charge in [0.1, 0.15) is 16.7 Å². The van der Waals surface area contributed by atoms with Gasteiger partial charge >= 0.3 is 0 Å². The second-order valence-corrected chi connectivity index (χ2v) is 8.32. The predicted octanol–water partition coefficient (Wildman–Crippen LogP) is 2.17. The third-order valence-corrected chi connectivity index (χ3v) is 5.90. The number of fused-ring (bicyclic) bond motifs is 1. The molecular formula is C18H18N4O3S. The van der Waals surface area contributed by atoms with Crippen molar-refractivity contribution in [3.63, 3.8) is 0 Å². The summed E-state index contributed by atoms with van der Waals surface area (Å²) in [6.45, 7) is 3.57. The second kappa shape index (κ2) is 6.44. The number of H-pyrrole nitrogens is 2. The molecule has 26 heavy (non-hydrogen) atoms. The molecule has 0 aliphatic rings. The summed E-state index contributed by atoms with van der Waals surface area (Å²) < 4.78 is 27.4. The van der Waals surface area contributed by atoms with E-state index in [1.165, 1.54) is 23.5 Å². The zero-order chi connectivity index (χ0) is 19.1. The van der Waals surface area contributed by atoms with E-state index in [9.17, 15) is 13.2 Å². The number of aromatic amines is 2. The fourth-order valence-corrected chi connectivity index (χ4v) is 4.35. The summed E-state index contributed by atoms with van der Waals surface area (Å²) in [5.41, 5.74) is 2.47. The smallest absolute Gasteiger partial charge is 0.245 e. The van der Waals surface area contributed by atoms with E-state index in [0.29, 0.717) is 28.0 Å². The molecule has 2 heterocycles. The molecule has 0 unspecified atom stereocenters. The molecule has 0 fully saturated rings. The molecule has 2 aromatic heterocycles. The lowest BCUT2D eigenvalue weighted by Crippen LogP contribution is -2.28. The second-order valence-electron chi connectivity index (χ2n) is 6.31. The van der Waals surface area contributed by atoms with Crippen LogP contribution in [0, 0.1) is 25.2 Å². The maximum absolute atomic E-state index is 13.1. The average Bonchev–Trinajstić information content (AvgIpc) is 2.95. The molecule has 134 valence electrons. The molecule has 3 rings (SSSR count). The fourth-order valence-electron chi connectivity index (χ4n) is 2.95. The van der Waals surface area contributed by atoms with Crippen LogP contribution in [-0.4, -0.2) is 29.7 Å². The molecule has 1 aromatic carbocycles. The maximum atomic E-state index is 13.1. The van der Waals surface area contributed by atoms with E-state index in [1.54, 1.807) is 26.0 Å². The normalized spacial score (nSPS) is 11.8. The van der Waals surface area contributed by atoms with Crippen molar-refractivity contribution in [2.75, 3.05) is 7.05 Å². The highest BCUT2D eigenvalue weighted by Crippen LogP contribution is 2.27. The van der Waals surface area contributed by atoms with Crippen LogP contribution < -0.4 is 5.43 Å². The van der Waals surface area contributed by atoms with Gasteiger partial charge in [-0.15, -0.1) is 0 Å². The molecule has 0 radical (unpaired) electrons. The molecule has 8 heteroatoms. The Morgan fingerprint density at radius 2 is 1.85 bits per heavy atom. The van der Waals surface area contributed by atoms with Gasteiger partial charge in [0.05, 0.1) is 12.1 Å². The number of aromatic nitrogens is 2. The predicted molar refractivity (Wildman–Crippen MR) is 98.2 cm³/mol. The number of aryl methyl sites for hydroxylation is 2. The molecule has 0 saturated heterocycles. The minimum Gasteiger partial charge on any atom is -0.361 e. The lowest BCUT2D eigenvalue weighted by Gasteiger charge is -2.18. The number of nitrogens with one attached hydrogen (secondary N) is 2. The standard InChI is InChI=1S/C18H18N4O3S/c1-11-4-13-7-14(9-19)21-18(13)17(5-11)26(24,25)22(3)10-15-8-16(23)6-12(2)20-15/h4-8,21H,10H2,1-3H3,(H,20,23). The van der Waals surface area contributed by atoms with Crippen LogP contribution in [0.2, 0.25) is 0 Å². The first-order valence-corrected chi connectivity index (χ1v) is 9.34. The van der Waals surface area contributed by atoms with Crippen LogP contribution in [-0.2, 0) is 16.6 Å². The van der Waals surface area contributed by atoms with Crippen molar-refractivity contribution in [1.82, 2.24) is 14.3 Å². The third-order valence-electron chi connectivity index (χ3n) is 4.07. The molecular weight excluding hydrogens is 352 g/mol. The summed E-state index contributed by atoms with van der Waals surface area (Å²) in [7, 11) is -2.38. The largest absolute Gasteiger partial charge is 0.361 e. The van der Waals surface area contributed by atoms with Crippen molar-refractivity contribution < 1.29 is 8.42 Å². The molecule has 0 bridgehead atoms. The van der Waals surface area contributed by atoms with Crippen LogP contribution in [0.4, 0.5) is 0 Å². The Bertz CT molecular complexity index is 1200. The highest BCUT2D eigenvalue weighted by Gasteiger charge is 2.25. The first kappa shape index (κ1) is 17.9. The number of nitrogens with zero attached hydrogens (tertiary/aromatic N) is 2. The maximum Gasteiger partial charge on any atom is 0.245 e. The van der Waals surface area contributed by atoms with E-state index in [2.05, 4.69) is 9.97 Å². The molecule has 0 amide bonds. The summed E-state index contributed by atoms with van der Waals surface area (Å²) in [4.78, 5) is 17.6. The fraction of sp³-hybridized carbons (Fsp3) is 0.222. The van der Waals surface area contributed by atoms with Gasteiger partial charge in [-0.2, -0.15) is 9.57 Å². The molecule has 0 atom stereocenters. The van der Waals surface area contributed by atoms with Crippen molar-refractivity contribution in [3.05, 3.63) is 63.2 Å². The molecule has 0 aliphatic heterocycles. The van der Waals surface area contributed by atoms with Crippen LogP contribution in [0.15, 0.2) is 40.0 Å². The van der Waals surface area contributed by atoms with Crippen molar-refractivity contribution in [2.24, 2.45) is 0 Å². The quantitative estimate of drug-likeness (QED) is 0.733. The van der Waals surface area contributed by atoms with Gasteiger partial charge in [0.15, 0.2) is 5.43 Å². The van der Waals surface area contributed by atoms with Crippen LogP contribution in [0.5, 0.6) is 0 Å². The first-order chi connectivity index (χ1) is 12.2. The van der Waals surface area contributed by atoms with Crippen LogP contribution in [0.25, 0.3) is 10.9 Å². The average molecular weight is 370 g/mol. The monoisotopic (exact) mass is 370 g/mol. The molecule has 0 aliphatic carbocycles. The Balaban J connectivity index is 2.07. The van der Waals surface area contributed by atoms with Gasteiger partial charge in [-0.05, 0) is 37.6 Å². The van der Waals surface area contributed by atoms with Crippen LogP contribution in [0.3, 0.4) is 0 Å². The minimum absolute atomic E-state index is 0.0283. The van der Waals surface area contributed by atoms with E-state index in [4.69, 9.17) is 5.26 Å². The molecule has 0 spiro atoms. The molecule has 3 aromatic rings. The van der Waals surface area contributed by atoms with Crippen molar-refractivity contribution in [2.45, 2.75) is 25.3 Å². The number of sulfonamides is 1. The number of rotatable bonds is 4. The van der Waals surface area contributed by atoms with Gasteiger partial charge in [-0.1, -0.05) is 0 Å². The zero-order valence-electron chi connectivity index (χ0n) is 14.6. The van der Waals surface area contributed by atoms with Gasteiger partial charge in [-0.25, -0.2) is 8.42 Å². The third kappa shape index (κ3) is 3.27. The van der Waals surface area contributed by atoms with Crippen molar-refractivity contribution in [1.29, 1.82) is 5.26 Å². The van der Waals surface area contributed by atoms with E-state index in [1.807, 2.05) is 12.1 Å². The van der Waals surface area contributed by atoms with Gasteiger partial charge in [0.2, 0.25) is 10.0 Å². The Labute approximate surface area is 150 Å².